The van der Waals surface area contributed by atoms with E-state index in [0.29, 0.717) is 6.04 Å². The first-order valence-corrected chi connectivity index (χ1v) is 7.47. The molecule has 1 aromatic carbocycles. The molecule has 2 bridgehead atoms. The number of benzene rings is 1. The summed E-state index contributed by atoms with van der Waals surface area (Å²) in [7, 11) is 2.13. The van der Waals surface area contributed by atoms with Gasteiger partial charge in [0.1, 0.15) is 6.10 Å². The molecule has 0 spiro atoms. The lowest BCUT2D eigenvalue weighted by Crippen LogP contribution is -2.41. The summed E-state index contributed by atoms with van der Waals surface area (Å²) in [5, 5.41) is 3.46. The van der Waals surface area contributed by atoms with Crippen LogP contribution in [-0.4, -0.2) is 28.3 Å². The van der Waals surface area contributed by atoms with Crippen LogP contribution in [0.3, 0.4) is 0 Å². The summed E-state index contributed by atoms with van der Waals surface area (Å²) in [6.07, 6.45) is 2.07. The molecule has 3 heterocycles. The first-order valence-electron chi connectivity index (χ1n) is 7.47. The summed E-state index contributed by atoms with van der Waals surface area (Å²) >= 11 is 0. The summed E-state index contributed by atoms with van der Waals surface area (Å²) in [6.45, 7) is 3.12. The van der Waals surface area contributed by atoms with Crippen molar-refractivity contribution in [3.63, 3.8) is 0 Å². The van der Waals surface area contributed by atoms with E-state index < -0.39 is 0 Å². The van der Waals surface area contributed by atoms with Crippen molar-refractivity contribution in [2.24, 2.45) is 12.8 Å². The summed E-state index contributed by atoms with van der Waals surface area (Å²) < 4.78 is 2.27. The lowest BCUT2D eigenvalue weighted by molar-refractivity contribution is -0.161. The summed E-state index contributed by atoms with van der Waals surface area (Å²) in [5.41, 5.74) is 10.4. The van der Waals surface area contributed by atoms with Crippen molar-refractivity contribution in [1.29, 1.82) is 0 Å². The zero-order valence-corrected chi connectivity index (χ0v) is 12.0. The van der Waals surface area contributed by atoms with Gasteiger partial charge in [0.25, 0.3) is 0 Å². The number of hydroxylamine groups is 2. The van der Waals surface area contributed by atoms with Gasteiger partial charge in [0.05, 0.1) is 17.8 Å². The maximum atomic E-state index is 6.47. The Morgan fingerprint density at radius 2 is 2.15 bits per heavy atom. The van der Waals surface area contributed by atoms with Crippen LogP contribution in [0.1, 0.15) is 30.7 Å². The fourth-order valence-electron chi connectivity index (χ4n) is 3.95. The maximum absolute atomic E-state index is 6.47. The highest BCUT2D eigenvalue weighted by Gasteiger charge is 2.45. The number of nitrogens with zero attached hydrogens (tertiary/aromatic N) is 2. The van der Waals surface area contributed by atoms with E-state index >= 15 is 0 Å². The summed E-state index contributed by atoms with van der Waals surface area (Å²) in [4.78, 5) is 6.16. The number of hydrogen-bond donors (Lipinski definition) is 1. The average Bonchev–Trinajstić information content (AvgIpc) is 2.82. The third-order valence-electron chi connectivity index (χ3n) is 4.94. The summed E-state index contributed by atoms with van der Waals surface area (Å²) in [5.74, 6) is 0. The van der Waals surface area contributed by atoms with Gasteiger partial charge in [-0.05, 0) is 24.5 Å². The van der Waals surface area contributed by atoms with Gasteiger partial charge < -0.3 is 10.3 Å². The maximum Gasteiger partial charge on any atom is 0.136 e. The molecule has 1 saturated heterocycles. The van der Waals surface area contributed by atoms with Gasteiger partial charge in [-0.1, -0.05) is 25.1 Å². The van der Waals surface area contributed by atoms with Gasteiger partial charge in [0.2, 0.25) is 0 Å². The largest absolute Gasteiger partial charge is 0.345 e. The van der Waals surface area contributed by atoms with Crippen molar-refractivity contribution in [2.75, 3.05) is 6.54 Å². The quantitative estimate of drug-likeness (QED) is 0.864. The molecule has 0 radical (unpaired) electrons. The van der Waals surface area contributed by atoms with E-state index in [1.54, 1.807) is 0 Å². The van der Waals surface area contributed by atoms with Crippen LogP contribution >= 0.6 is 0 Å². The van der Waals surface area contributed by atoms with E-state index in [9.17, 15) is 0 Å². The second-order valence-electron chi connectivity index (χ2n) is 5.91. The number of aryl methyl sites for hydroxylation is 1. The predicted molar refractivity (Wildman–Crippen MR) is 79.2 cm³/mol. The first-order chi connectivity index (χ1) is 9.72. The Morgan fingerprint density at radius 3 is 2.95 bits per heavy atom. The molecule has 2 aliphatic rings. The van der Waals surface area contributed by atoms with Gasteiger partial charge in [-0.2, -0.15) is 5.06 Å². The third-order valence-corrected chi connectivity index (χ3v) is 4.94. The molecule has 4 rings (SSSR count). The van der Waals surface area contributed by atoms with Crippen LogP contribution in [0.4, 0.5) is 0 Å². The number of rotatable bonds is 1. The monoisotopic (exact) mass is 271 g/mol. The van der Waals surface area contributed by atoms with Gasteiger partial charge in [0, 0.05) is 24.5 Å². The Bertz CT molecular complexity index is 663. The third kappa shape index (κ3) is 1.47. The highest BCUT2D eigenvalue weighted by atomic mass is 16.7. The number of hydrogen-bond acceptors (Lipinski definition) is 3. The number of para-hydroxylation sites is 1. The van der Waals surface area contributed by atoms with Gasteiger partial charge >= 0.3 is 0 Å². The zero-order chi connectivity index (χ0) is 13.9. The molecule has 0 aliphatic carbocycles. The molecule has 1 aromatic heterocycles. The Morgan fingerprint density at radius 1 is 1.35 bits per heavy atom. The molecule has 106 valence electrons. The first kappa shape index (κ1) is 12.4. The van der Waals surface area contributed by atoms with Crippen LogP contribution in [0, 0.1) is 0 Å². The van der Waals surface area contributed by atoms with Crippen molar-refractivity contribution >= 4 is 10.9 Å². The smallest absolute Gasteiger partial charge is 0.136 e. The number of aromatic nitrogens is 1. The van der Waals surface area contributed by atoms with Crippen LogP contribution in [0.2, 0.25) is 0 Å². The molecular formula is C16H21N3O. The molecule has 0 amide bonds. The fourth-order valence-corrected chi connectivity index (χ4v) is 3.95. The SMILES string of the molecule is CC[C@@H]1[C@H](N)[C@@H]2ON1CCc1c2n(C)c2ccccc12. The van der Waals surface area contributed by atoms with Gasteiger partial charge in [-0.3, -0.25) is 4.84 Å². The molecule has 4 atom stereocenters. The highest BCUT2D eigenvalue weighted by Crippen LogP contribution is 2.41. The minimum Gasteiger partial charge on any atom is -0.345 e. The topological polar surface area (TPSA) is 43.4 Å². The summed E-state index contributed by atoms with van der Waals surface area (Å²) in [6, 6.07) is 9.00. The van der Waals surface area contributed by atoms with Crippen molar-refractivity contribution in [2.45, 2.75) is 38.0 Å². The van der Waals surface area contributed by atoms with Crippen LogP contribution in [0.5, 0.6) is 0 Å². The standard InChI is InChI=1S/C16H21N3O/c1-3-12-14(17)16-15-11(8-9-19(12)20-16)10-6-4-5-7-13(10)18(15)2/h4-7,12,14,16H,3,8-9,17H2,1-2H3/t12-,14+,16+/m1/s1. The van der Waals surface area contributed by atoms with Gasteiger partial charge in [-0.25, -0.2) is 0 Å². The molecule has 1 unspecified atom stereocenters. The van der Waals surface area contributed by atoms with Crippen molar-refractivity contribution < 1.29 is 4.84 Å². The molecule has 4 nitrogen and oxygen atoms in total. The highest BCUT2D eigenvalue weighted by molar-refractivity contribution is 5.85. The van der Waals surface area contributed by atoms with E-state index in [4.69, 9.17) is 10.6 Å². The van der Waals surface area contributed by atoms with Crippen molar-refractivity contribution in [1.82, 2.24) is 9.63 Å². The van der Waals surface area contributed by atoms with Crippen LogP contribution in [0.25, 0.3) is 10.9 Å². The minimum atomic E-state index is -0.00477. The molecule has 2 aliphatic heterocycles. The Labute approximate surface area is 119 Å². The molecule has 1 fully saturated rings. The lowest BCUT2D eigenvalue weighted by Gasteiger charge is -2.23. The second-order valence-corrected chi connectivity index (χ2v) is 5.91. The van der Waals surface area contributed by atoms with Crippen LogP contribution in [0.15, 0.2) is 24.3 Å². The van der Waals surface area contributed by atoms with Crippen LogP contribution < -0.4 is 5.73 Å². The Hall–Kier alpha value is -1.36. The van der Waals surface area contributed by atoms with Crippen molar-refractivity contribution in [3.05, 3.63) is 35.5 Å². The van der Waals surface area contributed by atoms with E-state index in [2.05, 4.69) is 47.9 Å². The van der Waals surface area contributed by atoms with E-state index in [0.717, 1.165) is 19.4 Å². The van der Waals surface area contributed by atoms with Gasteiger partial charge in [-0.15, -0.1) is 0 Å². The number of nitrogens with two attached hydrogens (primary N) is 1. The van der Waals surface area contributed by atoms with Crippen molar-refractivity contribution in [3.8, 4) is 0 Å². The Kier molecular flexibility index (Phi) is 2.67. The van der Waals surface area contributed by atoms with E-state index in [1.165, 1.54) is 22.2 Å². The molecular weight excluding hydrogens is 250 g/mol. The van der Waals surface area contributed by atoms with E-state index in [-0.39, 0.29) is 12.1 Å². The zero-order valence-electron chi connectivity index (χ0n) is 12.0. The molecule has 2 N–H and O–H groups in total. The number of fused-ring (bicyclic) bond motifs is 6. The lowest BCUT2D eigenvalue weighted by atomic mass is 9.94. The van der Waals surface area contributed by atoms with E-state index in [1.807, 2.05) is 0 Å². The second kappa shape index (κ2) is 4.32. The molecule has 4 heteroatoms. The van der Waals surface area contributed by atoms with Gasteiger partial charge in [0.15, 0.2) is 0 Å². The molecule has 2 aromatic rings. The average molecular weight is 271 g/mol. The van der Waals surface area contributed by atoms with Crippen LogP contribution in [-0.2, 0) is 18.3 Å². The molecule has 20 heavy (non-hydrogen) atoms. The minimum absolute atomic E-state index is 0.00477. The fraction of sp³-hybridized carbons (Fsp3) is 0.500. The molecule has 0 saturated carbocycles. The normalized spacial score (nSPS) is 32.4. The predicted octanol–water partition coefficient (Wildman–Crippen LogP) is 2.13. The Balaban J connectivity index is 1.94.